The van der Waals surface area contributed by atoms with Crippen LogP contribution in [0.4, 0.5) is 0 Å². The average molecular weight is 367 g/mol. The van der Waals surface area contributed by atoms with E-state index < -0.39 is 17.0 Å². The van der Waals surface area contributed by atoms with Gasteiger partial charge in [-0.15, -0.1) is 0 Å². The summed E-state index contributed by atoms with van der Waals surface area (Å²) >= 11 is 3.41. The Balaban J connectivity index is 2.34. The van der Waals surface area contributed by atoms with Crippen molar-refractivity contribution >= 4 is 32.9 Å². The van der Waals surface area contributed by atoms with Gasteiger partial charge >= 0.3 is 17.1 Å². The summed E-state index contributed by atoms with van der Waals surface area (Å²) < 4.78 is 7.09. The normalized spacial score (nSPS) is 18.2. The summed E-state index contributed by atoms with van der Waals surface area (Å²) in [6.07, 6.45) is 1.34. The molecule has 2 unspecified atom stereocenters. The summed E-state index contributed by atoms with van der Waals surface area (Å²) in [6.45, 7) is 1.72. The number of esters is 1. The standard InChI is InChI=1S/C15H15BrN2O4/c1-7(15(21)22-2)11-4-3-8-5-9(16)6-10-12(8)18(11)14(20)13(19)17-10/h5-7,11H,3-4H2,1-2H3,(H,17,19). The predicted molar refractivity (Wildman–Crippen MR) is 85.1 cm³/mol. The topological polar surface area (TPSA) is 81.2 Å². The summed E-state index contributed by atoms with van der Waals surface area (Å²) in [4.78, 5) is 38.8. The Bertz CT molecular complexity index is 883. The van der Waals surface area contributed by atoms with Crippen LogP contribution < -0.4 is 11.1 Å². The van der Waals surface area contributed by atoms with Crippen molar-refractivity contribution in [3.63, 3.8) is 0 Å². The zero-order valence-electron chi connectivity index (χ0n) is 12.2. The molecule has 22 heavy (non-hydrogen) atoms. The van der Waals surface area contributed by atoms with Crippen LogP contribution in [0.1, 0.15) is 24.9 Å². The van der Waals surface area contributed by atoms with Crippen LogP contribution in [0.25, 0.3) is 11.0 Å². The molecule has 2 atom stereocenters. The highest BCUT2D eigenvalue weighted by Crippen LogP contribution is 2.34. The van der Waals surface area contributed by atoms with Gasteiger partial charge in [-0.05, 0) is 37.5 Å². The maximum atomic E-state index is 12.4. The molecule has 1 aliphatic rings. The predicted octanol–water partition coefficient (Wildman–Crippen LogP) is 1.75. The van der Waals surface area contributed by atoms with E-state index in [9.17, 15) is 14.4 Å². The number of halogens is 1. The van der Waals surface area contributed by atoms with Gasteiger partial charge in [0.05, 0.1) is 30.1 Å². The highest BCUT2D eigenvalue weighted by molar-refractivity contribution is 9.10. The van der Waals surface area contributed by atoms with Crippen LogP contribution in [0, 0.1) is 5.92 Å². The molecule has 0 aliphatic carbocycles. The van der Waals surface area contributed by atoms with Crippen LogP contribution >= 0.6 is 15.9 Å². The number of hydrogen-bond acceptors (Lipinski definition) is 4. The molecule has 2 heterocycles. The number of hydrogen-bond donors (Lipinski definition) is 1. The van der Waals surface area contributed by atoms with Crippen LogP contribution in [-0.4, -0.2) is 22.6 Å². The molecule has 0 amide bonds. The van der Waals surface area contributed by atoms with Gasteiger partial charge in [0.25, 0.3) is 0 Å². The number of rotatable bonds is 2. The number of ether oxygens (including phenoxy) is 1. The summed E-state index contributed by atoms with van der Waals surface area (Å²) in [5, 5.41) is 0. The second-order valence-corrected chi connectivity index (χ2v) is 6.42. The molecule has 116 valence electrons. The highest BCUT2D eigenvalue weighted by atomic mass is 79.9. The van der Waals surface area contributed by atoms with E-state index in [4.69, 9.17) is 4.74 Å². The lowest BCUT2D eigenvalue weighted by molar-refractivity contribution is -0.146. The fraction of sp³-hybridized carbons (Fsp3) is 0.400. The lowest BCUT2D eigenvalue weighted by Gasteiger charge is -2.30. The lowest BCUT2D eigenvalue weighted by atomic mass is 9.90. The van der Waals surface area contributed by atoms with E-state index >= 15 is 0 Å². The number of aromatic amines is 1. The monoisotopic (exact) mass is 366 g/mol. The first-order valence-electron chi connectivity index (χ1n) is 6.99. The molecule has 0 saturated carbocycles. The van der Waals surface area contributed by atoms with Gasteiger partial charge in [-0.25, -0.2) is 0 Å². The molecule has 2 aromatic rings. The van der Waals surface area contributed by atoms with Gasteiger partial charge in [0.15, 0.2) is 0 Å². The number of carbonyl (C=O) groups is 1. The largest absolute Gasteiger partial charge is 0.469 e. The number of nitrogens with zero attached hydrogens (tertiary/aromatic N) is 1. The van der Waals surface area contributed by atoms with Crippen molar-refractivity contribution in [2.24, 2.45) is 5.92 Å². The second kappa shape index (κ2) is 5.39. The third-order valence-electron chi connectivity index (χ3n) is 4.25. The van der Waals surface area contributed by atoms with Crippen molar-refractivity contribution in [2.45, 2.75) is 25.8 Å². The van der Waals surface area contributed by atoms with E-state index in [0.717, 1.165) is 16.5 Å². The zero-order valence-corrected chi connectivity index (χ0v) is 13.8. The Labute approximate surface area is 134 Å². The Hall–Kier alpha value is -1.89. The van der Waals surface area contributed by atoms with Gasteiger partial charge in [0.2, 0.25) is 0 Å². The second-order valence-electron chi connectivity index (χ2n) is 5.51. The summed E-state index contributed by atoms with van der Waals surface area (Å²) in [5.41, 5.74) is 0.957. The first-order chi connectivity index (χ1) is 10.4. The fourth-order valence-corrected chi connectivity index (χ4v) is 3.68. The van der Waals surface area contributed by atoms with Crippen molar-refractivity contribution in [3.8, 4) is 0 Å². The third-order valence-corrected chi connectivity index (χ3v) is 4.70. The van der Waals surface area contributed by atoms with Crippen molar-refractivity contribution in [1.82, 2.24) is 9.55 Å². The van der Waals surface area contributed by atoms with Crippen LogP contribution in [0.3, 0.4) is 0 Å². The molecule has 7 heteroatoms. The SMILES string of the molecule is COC(=O)C(C)C1CCc2cc(Br)cc3[nH]c(=O)c(=O)n1c23. The van der Waals surface area contributed by atoms with Crippen molar-refractivity contribution in [1.29, 1.82) is 0 Å². The molecule has 1 aromatic carbocycles. The smallest absolute Gasteiger partial charge is 0.317 e. The van der Waals surface area contributed by atoms with E-state index in [0.29, 0.717) is 17.5 Å². The van der Waals surface area contributed by atoms with E-state index in [-0.39, 0.29) is 12.0 Å². The van der Waals surface area contributed by atoms with Gasteiger partial charge in [-0.1, -0.05) is 15.9 Å². The first-order valence-corrected chi connectivity index (χ1v) is 7.78. The van der Waals surface area contributed by atoms with E-state index in [1.807, 2.05) is 6.07 Å². The minimum atomic E-state index is -0.680. The van der Waals surface area contributed by atoms with E-state index in [1.54, 1.807) is 13.0 Å². The third kappa shape index (κ3) is 2.20. The molecule has 3 rings (SSSR count). The number of nitrogens with one attached hydrogen (secondary N) is 1. The molecule has 1 aliphatic heterocycles. The van der Waals surface area contributed by atoms with Crippen LogP contribution in [0.5, 0.6) is 0 Å². The maximum absolute atomic E-state index is 12.4. The summed E-state index contributed by atoms with van der Waals surface area (Å²) in [5.74, 6) is -0.879. The molecule has 0 saturated heterocycles. The molecule has 0 radical (unpaired) electrons. The molecule has 6 nitrogen and oxygen atoms in total. The van der Waals surface area contributed by atoms with Crippen molar-refractivity contribution < 1.29 is 9.53 Å². The van der Waals surface area contributed by atoms with Crippen molar-refractivity contribution in [3.05, 3.63) is 42.9 Å². The van der Waals surface area contributed by atoms with E-state index in [2.05, 4.69) is 20.9 Å². The molecule has 1 aromatic heterocycles. The Kier molecular flexibility index (Phi) is 3.68. The Morgan fingerprint density at radius 2 is 2.18 bits per heavy atom. The van der Waals surface area contributed by atoms with Crippen molar-refractivity contribution in [2.75, 3.05) is 7.11 Å². The molecule has 1 N–H and O–H groups in total. The number of benzene rings is 1. The Morgan fingerprint density at radius 1 is 1.45 bits per heavy atom. The lowest BCUT2D eigenvalue weighted by Crippen LogP contribution is -2.43. The summed E-state index contributed by atoms with van der Waals surface area (Å²) in [7, 11) is 1.32. The van der Waals surface area contributed by atoms with Gasteiger partial charge in [0.1, 0.15) is 0 Å². The molecular weight excluding hydrogens is 352 g/mol. The zero-order chi connectivity index (χ0) is 16.0. The number of H-pyrrole nitrogens is 1. The van der Waals surface area contributed by atoms with Gasteiger partial charge in [-0.3, -0.25) is 19.0 Å². The highest BCUT2D eigenvalue weighted by Gasteiger charge is 2.32. The quantitative estimate of drug-likeness (QED) is 0.648. The number of methoxy groups -OCH3 is 1. The first kappa shape index (κ1) is 15.0. The Morgan fingerprint density at radius 3 is 2.86 bits per heavy atom. The number of aromatic nitrogens is 2. The van der Waals surface area contributed by atoms with Crippen LogP contribution in [-0.2, 0) is 16.0 Å². The molecular formula is C15H15BrN2O4. The average Bonchev–Trinajstić information content (AvgIpc) is 2.50. The number of carbonyl (C=O) groups excluding carboxylic acids is 1. The van der Waals surface area contributed by atoms with E-state index in [1.165, 1.54) is 11.7 Å². The van der Waals surface area contributed by atoms with Gasteiger partial charge < -0.3 is 9.72 Å². The fourth-order valence-electron chi connectivity index (χ4n) is 3.18. The minimum absolute atomic E-state index is 0.376. The maximum Gasteiger partial charge on any atom is 0.317 e. The molecule has 0 spiro atoms. The van der Waals surface area contributed by atoms with Crippen LogP contribution in [0.2, 0.25) is 0 Å². The molecule has 0 bridgehead atoms. The minimum Gasteiger partial charge on any atom is -0.469 e. The number of aryl methyl sites for hydroxylation is 1. The van der Waals surface area contributed by atoms with Gasteiger partial charge in [-0.2, -0.15) is 0 Å². The molecule has 0 fully saturated rings. The van der Waals surface area contributed by atoms with Gasteiger partial charge in [0, 0.05) is 4.47 Å². The van der Waals surface area contributed by atoms with Crippen LogP contribution in [0.15, 0.2) is 26.2 Å². The summed E-state index contributed by atoms with van der Waals surface area (Å²) in [6, 6.07) is 3.33.